The predicted molar refractivity (Wildman–Crippen MR) is 92.6 cm³/mol. The fourth-order valence-corrected chi connectivity index (χ4v) is 2.12. The molecule has 1 aromatic carbocycles. The summed E-state index contributed by atoms with van der Waals surface area (Å²) in [5, 5.41) is 8.58. The Kier molecular flexibility index (Phi) is 9.54. The zero-order valence-electron chi connectivity index (χ0n) is 13.5. The number of carboxylic acids is 1. The normalized spacial score (nSPS) is 10.4. The van der Waals surface area contributed by atoms with Gasteiger partial charge in [0.05, 0.1) is 0 Å². The molecule has 0 aliphatic rings. The Hall–Kier alpha value is -2.01. The van der Waals surface area contributed by atoms with Crippen LogP contribution in [0.4, 0.5) is 0 Å². The summed E-state index contributed by atoms with van der Waals surface area (Å²) in [5.41, 5.74) is 2.16. The van der Waals surface area contributed by atoms with Crippen molar-refractivity contribution in [2.45, 2.75) is 58.3 Å². The summed E-state index contributed by atoms with van der Waals surface area (Å²) in [6.45, 7) is 2.21. The van der Waals surface area contributed by atoms with Crippen molar-refractivity contribution in [2.24, 2.45) is 0 Å². The van der Waals surface area contributed by atoms with Gasteiger partial charge in [0.25, 0.3) is 0 Å². The highest BCUT2D eigenvalue weighted by Crippen LogP contribution is 2.08. The standard InChI is InChI=1S/C20H26O2/c1-2-3-4-5-6-8-12-18-14-11-15-19(17-18)13-9-7-10-16-20(21)22/h9,11,13-15,17H,2-7,10,16H2,1H3,(H,21,22). The van der Waals surface area contributed by atoms with E-state index in [-0.39, 0.29) is 6.42 Å². The zero-order valence-corrected chi connectivity index (χ0v) is 13.5. The van der Waals surface area contributed by atoms with Gasteiger partial charge in [-0.3, -0.25) is 4.79 Å². The molecule has 22 heavy (non-hydrogen) atoms. The number of benzene rings is 1. The Morgan fingerprint density at radius 3 is 2.86 bits per heavy atom. The third-order valence-electron chi connectivity index (χ3n) is 3.35. The van der Waals surface area contributed by atoms with Gasteiger partial charge in [-0.15, -0.1) is 0 Å². The van der Waals surface area contributed by atoms with E-state index in [0.717, 1.165) is 24.0 Å². The Bertz CT molecular complexity index is 532. The van der Waals surface area contributed by atoms with Crippen molar-refractivity contribution in [1.82, 2.24) is 0 Å². The monoisotopic (exact) mass is 298 g/mol. The van der Waals surface area contributed by atoms with Crippen LogP contribution in [0.5, 0.6) is 0 Å². The number of rotatable bonds is 9. The van der Waals surface area contributed by atoms with E-state index in [0.29, 0.717) is 6.42 Å². The highest BCUT2D eigenvalue weighted by atomic mass is 16.4. The van der Waals surface area contributed by atoms with Gasteiger partial charge in [0, 0.05) is 18.4 Å². The minimum absolute atomic E-state index is 0.230. The van der Waals surface area contributed by atoms with Gasteiger partial charge in [0.1, 0.15) is 0 Å². The number of aliphatic carboxylic acids is 1. The number of unbranched alkanes of at least 4 members (excludes halogenated alkanes) is 5. The minimum atomic E-state index is -0.732. The SMILES string of the molecule is CCCCCCC#Cc1cccc(C=CCCCC(=O)O)c1. The second-order valence-corrected chi connectivity index (χ2v) is 5.43. The maximum absolute atomic E-state index is 10.4. The topological polar surface area (TPSA) is 37.3 Å². The van der Waals surface area contributed by atoms with Crippen LogP contribution in [-0.4, -0.2) is 11.1 Å². The van der Waals surface area contributed by atoms with E-state index >= 15 is 0 Å². The predicted octanol–water partition coefficient (Wildman–Crippen LogP) is 5.28. The van der Waals surface area contributed by atoms with Crippen molar-refractivity contribution >= 4 is 12.0 Å². The molecule has 0 radical (unpaired) electrons. The lowest BCUT2D eigenvalue weighted by Gasteiger charge is -1.96. The third kappa shape index (κ3) is 9.02. The smallest absolute Gasteiger partial charge is 0.303 e. The zero-order chi connectivity index (χ0) is 16.0. The van der Waals surface area contributed by atoms with Gasteiger partial charge in [-0.05, 0) is 37.0 Å². The molecule has 0 amide bonds. The van der Waals surface area contributed by atoms with Crippen LogP contribution in [0.3, 0.4) is 0 Å². The van der Waals surface area contributed by atoms with Crippen molar-refractivity contribution in [3.63, 3.8) is 0 Å². The van der Waals surface area contributed by atoms with Crippen molar-refractivity contribution in [2.75, 3.05) is 0 Å². The molecule has 0 aliphatic carbocycles. The first-order valence-corrected chi connectivity index (χ1v) is 8.19. The lowest BCUT2D eigenvalue weighted by molar-refractivity contribution is -0.137. The molecule has 0 aliphatic heterocycles. The molecule has 1 rings (SSSR count). The number of allylic oxidation sites excluding steroid dienone is 1. The maximum atomic E-state index is 10.4. The van der Waals surface area contributed by atoms with E-state index < -0.39 is 5.97 Å². The Morgan fingerprint density at radius 2 is 2.09 bits per heavy atom. The van der Waals surface area contributed by atoms with Gasteiger partial charge in [-0.2, -0.15) is 0 Å². The van der Waals surface area contributed by atoms with E-state index in [1.165, 1.54) is 25.7 Å². The fraction of sp³-hybridized carbons (Fsp3) is 0.450. The van der Waals surface area contributed by atoms with Gasteiger partial charge in [0.2, 0.25) is 0 Å². The second kappa shape index (κ2) is 11.6. The first kappa shape index (κ1) is 18.0. The van der Waals surface area contributed by atoms with Crippen molar-refractivity contribution < 1.29 is 9.90 Å². The van der Waals surface area contributed by atoms with Crippen LogP contribution in [0.1, 0.15) is 69.4 Å². The summed E-state index contributed by atoms with van der Waals surface area (Å²) in [5.74, 6) is 5.72. The molecule has 0 heterocycles. The van der Waals surface area contributed by atoms with E-state index in [2.05, 4.69) is 24.8 Å². The lowest BCUT2D eigenvalue weighted by Crippen LogP contribution is -1.92. The Labute approximate surface area is 134 Å². The molecule has 0 spiro atoms. The van der Waals surface area contributed by atoms with E-state index in [4.69, 9.17) is 5.11 Å². The molecule has 0 atom stereocenters. The van der Waals surface area contributed by atoms with Gasteiger partial charge in [0.15, 0.2) is 0 Å². The quantitative estimate of drug-likeness (QED) is 0.497. The van der Waals surface area contributed by atoms with Crippen LogP contribution in [0.25, 0.3) is 6.08 Å². The molecule has 0 fully saturated rings. The maximum Gasteiger partial charge on any atom is 0.303 e. The van der Waals surface area contributed by atoms with Crippen LogP contribution < -0.4 is 0 Å². The average molecular weight is 298 g/mol. The molecular weight excluding hydrogens is 272 g/mol. The van der Waals surface area contributed by atoms with E-state index in [1.807, 2.05) is 30.4 Å². The summed E-state index contributed by atoms with van der Waals surface area (Å²) in [7, 11) is 0. The molecule has 1 aromatic rings. The van der Waals surface area contributed by atoms with Crippen molar-refractivity contribution in [3.8, 4) is 11.8 Å². The van der Waals surface area contributed by atoms with Gasteiger partial charge in [-0.25, -0.2) is 0 Å². The molecule has 1 N–H and O–H groups in total. The molecule has 118 valence electrons. The molecular formula is C20H26O2. The van der Waals surface area contributed by atoms with Gasteiger partial charge >= 0.3 is 5.97 Å². The summed E-state index contributed by atoms with van der Waals surface area (Å²) >= 11 is 0. The highest BCUT2D eigenvalue weighted by Gasteiger charge is 1.94. The Balaban J connectivity index is 2.40. The van der Waals surface area contributed by atoms with Crippen LogP contribution >= 0.6 is 0 Å². The number of carboxylic acid groups (broad SMARTS) is 1. The second-order valence-electron chi connectivity index (χ2n) is 5.43. The molecule has 2 heteroatoms. The summed E-state index contributed by atoms with van der Waals surface area (Å²) in [6, 6.07) is 8.16. The molecule has 0 aromatic heterocycles. The van der Waals surface area contributed by atoms with Crippen molar-refractivity contribution in [3.05, 3.63) is 41.5 Å². The molecule has 2 nitrogen and oxygen atoms in total. The lowest BCUT2D eigenvalue weighted by atomic mass is 10.1. The van der Waals surface area contributed by atoms with E-state index in [1.54, 1.807) is 0 Å². The largest absolute Gasteiger partial charge is 0.481 e. The third-order valence-corrected chi connectivity index (χ3v) is 3.35. The van der Waals surface area contributed by atoms with Crippen molar-refractivity contribution in [1.29, 1.82) is 0 Å². The first-order valence-electron chi connectivity index (χ1n) is 8.19. The number of hydrogen-bond donors (Lipinski definition) is 1. The summed E-state index contributed by atoms with van der Waals surface area (Å²) < 4.78 is 0. The summed E-state index contributed by atoms with van der Waals surface area (Å²) in [4.78, 5) is 10.4. The first-order chi connectivity index (χ1) is 10.7. The van der Waals surface area contributed by atoms with E-state index in [9.17, 15) is 4.79 Å². The fourth-order valence-electron chi connectivity index (χ4n) is 2.12. The van der Waals surface area contributed by atoms with Crippen LogP contribution in [0.2, 0.25) is 0 Å². The van der Waals surface area contributed by atoms with Crippen LogP contribution in [0, 0.1) is 11.8 Å². The van der Waals surface area contributed by atoms with Gasteiger partial charge < -0.3 is 5.11 Å². The summed E-state index contributed by atoms with van der Waals surface area (Å²) in [6.07, 6.45) is 11.7. The molecule has 0 saturated carbocycles. The van der Waals surface area contributed by atoms with Crippen LogP contribution in [0.15, 0.2) is 30.3 Å². The van der Waals surface area contributed by atoms with Gasteiger partial charge in [-0.1, -0.05) is 62.3 Å². The van der Waals surface area contributed by atoms with Crippen LogP contribution in [-0.2, 0) is 4.79 Å². The Morgan fingerprint density at radius 1 is 1.23 bits per heavy atom. The highest BCUT2D eigenvalue weighted by molar-refractivity contribution is 5.66. The number of hydrogen-bond acceptors (Lipinski definition) is 1. The molecule has 0 bridgehead atoms. The number of carbonyl (C=O) groups is 1. The molecule has 0 unspecified atom stereocenters. The average Bonchev–Trinajstić information content (AvgIpc) is 2.50. The minimum Gasteiger partial charge on any atom is -0.481 e. The molecule has 0 saturated heterocycles.